The quantitative estimate of drug-likeness (QED) is 0.907. The maximum atomic E-state index is 12.6. The van der Waals surface area contributed by atoms with Crippen molar-refractivity contribution >= 4 is 22.7 Å². The number of aromatic nitrogens is 1. The zero-order valence-corrected chi connectivity index (χ0v) is 15.0. The summed E-state index contributed by atoms with van der Waals surface area (Å²) in [5.74, 6) is 0.0586. The molecule has 0 unspecified atom stereocenters. The summed E-state index contributed by atoms with van der Waals surface area (Å²) in [5.41, 5.74) is 2.19. The van der Waals surface area contributed by atoms with Crippen molar-refractivity contribution in [3.05, 3.63) is 42.1 Å². The minimum atomic E-state index is -0.369. The van der Waals surface area contributed by atoms with Crippen molar-refractivity contribution in [2.24, 2.45) is 0 Å². The van der Waals surface area contributed by atoms with Crippen molar-refractivity contribution in [2.45, 2.75) is 38.4 Å². The first-order valence-corrected chi connectivity index (χ1v) is 9.32. The molecule has 6 nitrogen and oxygen atoms in total. The molecule has 0 aliphatic carbocycles. The summed E-state index contributed by atoms with van der Waals surface area (Å²) < 4.78 is 0. The van der Waals surface area contributed by atoms with E-state index < -0.39 is 0 Å². The molecule has 1 N–H and O–H groups in total. The van der Waals surface area contributed by atoms with E-state index >= 15 is 0 Å². The Morgan fingerprint density at radius 3 is 2.96 bits per heavy atom. The third-order valence-corrected chi connectivity index (χ3v) is 5.32. The van der Waals surface area contributed by atoms with Crippen molar-refractivity contribution in [1.82, 2.24) is 20.1 Å². The number of fused-ring (bicyclic) bond motifs is 2. The van der Waals surface area contributed by atoms with Gasteiger partial charge in [-0.15, -0.1) is 0 Å². The summed E-state index contributed by atoms with van der Waals surface area (Å²) in [6, 6.07) is 9.56. The van der Waals surface area contributed by atoms with Crippen molar-refractivity contribution in [2.75, 3.05) is 19.6 Å². The van der Waals surface area contributed by atoms with Crippen LogP contribution < -0.4 is 5.32 Å². The third kappa shape index (κ3) is 3.17. The summed E-state index contributed by atoms with van der Waals surface area (Å²) >= 11 is 0. The normalized spacial score (nSPS) is 23.8. The van der Waals surface area contributed by atoms with Gasteiger partial charge in [0.1, 0.15) is 12.1 Å². The molecule has 2 aliphatic rings. The molecule has 4 rings (SSSR count). The van der Waals surface area contributed by atoms with Gasteiger partial charge in [0.05, 0.1) is 5.52 Å². The highest BCUT2D eigenvalue weighted by atomic mass is 16.2. The molecule has 2 aromatic rings. The highest BCUT2D eigenvalue weighted by Gasteiger charge is 2.42. The van der Waals surface area contributed by atoms with Gasteiger partial charge in [-0.3, -0.25) is 19.5 Å². The second kappa shape index (κ2) is 7.03. The Hall–Kier alpha value is -2.47. The average Bonchev–Trinajstić information content (AvgIpc) is 2.66. The number of carbonyl (C=O) groups excluding carboxylic acids is 2. The van der Waals surface area contributed by atoms with Crippen LogP contribution in [0.5, 0.6) is 0 Å². The van der Waals surface area contributed by atoms with Crippen LogP contribution in [0.15, 0.2) is 36.5 Å². The molecule has 0 spiro atoms. The van der Waals surface area contributed by atoms with E-state index in [0.29, 0.717) is 19.5 Å². The number of piperazine rings is 2. The van der Waals surface area contributed by atoms with Gasteiger partial charge in [0.2, 0.25) is 11.8 Å². The van der Waals surface area contributed by atoms with Crippen LogP contribution in [-0.4, -0.2) is 58.3 Å². The van der Waals surface area contributed by atoms with Crippen molar-refractivity contribution < 1.29 is 9.59 Å². The van der Waals surface area contributed by atoms with Gasteiger partial charge in [0.15, 0.2) is 0 Å². The number of amides is 2. The topological polar surface area (TPSA) is 65.5 Å². The number of hydrogen-bond acceptors (Lipinski definition) is 4. The fourth-order valence-electron chi connectivity index (χ4n) is 3.97. The first kappa shape index (κ1) is 17.0. The van der Waals surface area contributed by atoms with Crippen molar-refractivity contribution in [3.63, 3.8) is 0 Å². The summed E-state index contributed by atoms with van der Waals surface area (Å²) in [5, 5.41) is 4.03. The average molecular weight is 352 g/mol. The number of nitrogens with zero attached hydrogens (tertiary/aromatic N) is 3. The van der Waals surface area contributed by atoms with Crippen LogP contribution in [0.2, 0.25) is 0 Å². The highest BCUT2D eigenvalue weighted by molar-refractivity contribution is 5.97. The Morgan fingerprint density at radius 2 is 2.12 bits per heavy atom. The summed E-state index contributed by atoms with van der Waals surface area (Å²) in [6.07, 6.45) is 3.40. The predicted molar refractivity (Wildman–Crippen MR) is 99.4 cm³/mol. The Kier molecular flexibility index (Phi) is 4.59. The SMILES string of the molecule is CCC[C@@H]1NC(=O)[C@H]2CN(Cc3ccc4ncccc4c3)CCN2C1=O. The molecule has 2 aliphatic heterocycles. The van der Waals surface area contributed by atoms with Gasteiger partial charge in [-0.05, 0) is 30.2 Å². The lowest BCUT2D eigenvalue weighted by atomic mass is 10.0. The molecule has 26 heavy (non-hydrogen) atoms. The Balaban J connectivity index is 1.46. The van der Waals surface area contributed by atoms with Crippen LogP contribution in [0.25, 0.3) is 10.9 Å². The Morgan fingerprint density at radius 1 is 1.23 bits per heavy atom. The van der Waals surface area contributed by atoms with Gasteiger partial charge in [-0.25, -0.2) is 0 Å². The van der Waals surface area contributed by atoms with Crippen LogP contribution in [-0.2, 0) is 16.1 Å². The second-order valence-corrected chi connectivity index (χ2v) is 7.16. The van der Waals surface area contributed by atoms with Crippen LogP contribution >= 0.6 is 0 Å². The third-order valence-electron chi connectivity index (χ3n) is 5.32. The van der Waals surface area contributed by atoms with Crippen molar-refractivity contribution in [1.29, 1.82) is 0 Å². The predicted octanol–water partition coefficient (Wildman–Crippen LogP) is 1.55. The smallest absolute Gasteiger partial charge is 0.245 e. The maximum Gasteiger partial charge on any atom is 0.245 e. The summed E-state index contributed by atoms with van der Waals surface area (Å²) in [4.78, 5) is 33.5. The molecule has 136 valence electrons. The lowest BCUT2D eigenvalue weighted by Crippen LogP contribution is -2.69. The molecular formula is C20H24N4O2. The lowest BCUT2D eigenvalue weighted by molar-refractivity contribution is -0.153. The van der Waals surface area contributed by atoms with E-state index in [0.717, 1.165) is 30.4 Å². The van der Waals surface area contributed by atoms with E-state index in [1.807, 2.05) is 19.1 Å². The van der Waals surface area contributed by atoms with Gasteiger partial charge in [-0.1, -0.05) is 25.5 Å². The number of pyridine rings is 1. The first-order valence-electron chi connectivity index (χ1n) is 9.32. The molecule has 3 heterocycles. The molecule has 0 radical (unpaired) electrons. The van der Waals surface area contributed by atoms with E-state index in [4.69, 9.17) is 0 Å². The number of nitrogens with one attached hydrogen (secondary N) is 1. The molecule has 0 bridgehead atoms. The lowest BCUT2D eigenvalue weighted by Gasteiger charge is -2.45. The number of carbonyl (C=O) groups is 2. The van der Waals surface area contributed by atoms with Crippen LogP contribution in [0, 0.1) is 0 Å². The zero-order chi connectivity index (χ0) is 18.1. The van der Waals surface area contributed by atoms with Crippen molar-refractivity contribution in [3.8, 4) is 0 Å². The van der Waals surface area contributed by atoms with Crippen LogP contribution in [0.1, 0.15) is 25.3 Å². The molecule has 2 saturated heterocycles. The molecule has 2 fully saturated rings. The standard InChI is InChI=1S/C20H24N4O2/c1-2-4-17-20(26)24-10-9-23(13-18(24)19(25)22-17)12-14-6-7-16-15(11-14)5-3-8-21-16/h3,5-8,11,17-18H,2,4,9-10,12-13H2,1H3,(H,22,25)/t17-,18+/m0/s1. The second-order valence-electron chi connectivity index (χ2n) is 7.16. The van der Waals surface area contributed by atoms with E-state index in [-0.39, 0.29) is 23.9 Å². The zero-order valence-electron chi connectivity index (χ0n) is 15.0. The first-order chi connectivity index (χ1) is 12.7. The fraction of sp³-hybridized carbons (Fsp3) is 0.450. The van der Waals surface area contributed by atoms with Gasteiger partial charge in [-0.2, -0.15) is 0 Å². The van der Waals surface area contributed by atoms with E-state index in [2.05, 4.69) is 33.4 Å². The number of benzene rings is 1. The Labute approximate surface area is 153 Å². The molecule has 2 atom stereocenters. The van der Waals surface area contributed by atoms with Gasteiger partial charge < -0.3 is 10.2 Å². The van der Waals surface area contributed by atoms with E-state index in [1.54, 1.807) is 11.1 Å². The van der Waals surface area contributed by atoms with Gasteiger partial charge >= 0.3 is 0 Å². The minimum absolute atomic E-state index is 0.0181. The van der Waals surface area contributed by atoms with E-state index in [9.17, 15) is 9.59 Å². The maximum absolute atomic E-state index is 12.6. The van der Waals surface area contributed by atoms with Gasteiger partial charge in [0, 0.05) is 37.8 Å². The fourth-order valence-corrected chi connectivity index (χ4v) is 3.97. The minimum Gasteiger partial charge on any atom is -0.342 e. The monoisotopic (exact) mass is 352 g/mol. The summed E-state index contributed by atoms with van der Waals surface area (Å²) in [6.45, 7) is 4.80. The molecule has 6 heteroatoms. The van der Waals surface area contributed by atoms with E-state index in [1.165, 1.54) is 5.56 Å². The largest absolute Gasteiger partial charge is 0.342 e. The molecular weight excluding hydrogens is 328 g/mol. The van der Waals surface area contributed by atoms with Crippen LogP contribution in [0.4, 0.5) is 0 Å². The van der Waals surface area contributed by atoms with Crippen LogP contribution in [0.3, 0.4) is 0 Å². The Bertz CT molecular complexity index is 837. The summed E-state index contributed by atoms with van der Waals surface area (Å²) in [7, 11) is 0. The number of hydrogen-bond donors (Lipinski definition) is 1. The highest BCUT2D eigenvalue weighted by Crippen LogP contribution is 2.21. The number of rotatable bonds is 4. The molecule has 0 saturated carbocycles. The molecule has 2 amide bonds. The molecule has 1 aromatic carbocycles. The molecule has 1 aromatic heterocycles. The van der Waals surface area contributed by atoms with Gasteiger partial charge in [0.25, 0.3) is 0 Å².